The number of hydrogen-bond acceptors (Lipinski definition) is 3. The first kappa shape index (κ1) is 17.6. The van der Waals surface area contributed by atoms with E-state index in [0.717, 1.165) is 31.6 Å². The highest BCUT2D eigenvalue weighted by atomic mass is 16.5. The second-order valence-electron chi connectivity index (χ2n) is 6.78. The highest BCUT2D eigenvalue weighted by Crippen LogP contribution is 2.31. The number of rotatable bonds is 3. The minimum absolute atomic E-state index is 0.0162. The van der Waals surface area contributed by atoms with E-state index in [1.54, 1.807) is 12.0 Å². The van der Waals surface area contributed by atoms with Crippen molar-refractivity contribution in [3.8, 4) is 5.75 Å². The number of benzene rings is 1. The van der Waals surface area contributed by atoms with Crippen molar-refractivity contribution >= 4 is 17.6 Å². The number of nitrogens with one attached hydrogen (secondary N) is 1. The number of amides is 3. The van der Waals surface area contributed by atoms with Gasteiger partial charge in [-0.1, -0.05) is 31.4 Å². The molecule has 2 heterocycles. The second-order valence-corrected chi connectivity index (χ2v) is 6.78. The average Bonchev–Trinajstić information content (AvgIpc) is 2.94. The highest BCUT2D eigenvalue weighted by molar-refractivity contribution is 5.98. The van der Waals surface area contributed by atoms with Gasteiger partial charge in [-0.25, -0.2) is 4.79 Å². The molecule has 2 fully saturated rings. The first-order valence-corrected chi connectivity index (χ1v) is 9.18. The van der Waals surface area contributed by atoms with Crippen LogP contribution in [0.25, 0.3) is 0 Å². The van der Waals surface area contributed by atoms with Gasteiger partial charge in [0.15, 0.2) is 0 Å². The smallest absolute Gasteiger partial charge is 0.317 e. The number of carbonyl (C=O) groups excluding carboxylic acids is 2. The van der Waals surface area contributed by atoms with E-state index in [9.17, 15) is 9.59 Å². The summed E-state index contributed by atoms with van der Waals surface area (Å²) in [6, 6.07) is 7.28. The molecule has 1 aromatic rings. The Balaban J connectivity index is 1.61. The number of para-hydroxylation sites is 2. The van der Waals surface area contributed by atoms with Crippen molar-refractivity contribution in [2.45, 2.75) is 44.6 Å². The summed E-state index contributed by atoms with van der Waals surface area (Å²) in [5, 5.41) is 3.05. The Morgan fingerprint density at radius 3 is 2.52 bits per heavy atom. The number of likely N-dealkylation sites (tertiary alicyclic amines) is 1. The van der Waals surface area contributed by atoms with Gasteiger partial charge in [-0.05, 0) is 25.0 Å². The van der Waals surface area contributed by atoms with E-state index in [1.165, 1.54) is 19.3 Å². The fourth-order valence-electron chi connectivity index (χ4n) is 3.61. The molecule has 0 aromatic heterocycles. The van der Waals surface area contributed by atoms with Crippen molar-refractivity contribution in [1.29, 1.82) is 0 Å². The monoisotopic (exact) mass is 345 g/mol. The molecule has 0 saturated carbocycles. The van der Waals surface area contributed by atoms with Gasteiger partial charge in [-0.15, -0.1) is 0 Å². The predicted octanol–water partition coefficient (Wildman–Crippen LogP) is 2.78. The number of hydrogen-bond donors (Lipinski definition) is 1. The summed E-state index contributed by atoms with van der Waals surface area (Å²) in [5.41, 5.74) is 0.762. The van der Waals surface area contributed by atoms with Crippen molar-refractivity contribution in [1.82, 2.24) is 10.2 Å². The second kappa shape index (κ2) is 8.23. The predicted molar refractivity (Wildman–Crippen MR) is 96.9 cm³/mol. The van der Waals surface area contributed by atoms with Gasteiger partial charge < -0.3 is 19.9 Å². The Hall–Kier alpha value is -2.24. The van der Waals surface area contributed by atoms with Gasteiger partial charge in [0.1, 0.15) is 5.75 Å². The van der Waals surface area contributed by atoms with Crippen LogP contribution in [0.15, 0.2) is 24.3 Å². The van der Waals surface area contributed by atoms with Crippen LogP contribution in [0.4, 0.5) is 10.5 Å². The lowest BCUT2D eigenvalue weighted by Crippen LogP contribution is -2.46. The summed E-state index contributed by atoms with van der Waals surface area (Å²) < 4.78 is 5.35. The molecule has 0 aliphatic carbocycles. The average molecular weight is 345 g/mol. The molecule has 0 bridgehead atoms. The van der Waals surface area contributed by atoms with Crippen molar-refractivity contribution in [2.75, 3.05) is 31.6 Å². The molecule has 25 heavy (non-hydrogen) atoms. The number of nitrogens with zero attached hydrogens (tertiary/aromatic N) is 2. The maximum atomic E-state index is 12.6. The van der Waals surface area contributed by atoms with Crippen LogP contribution < -0.4 is 15.0 Å². The van der Waals surface area contributed by atoms with E-state index in [4.69, 9.17) is 4.74 Å². The molecule has 2 aliphatic heterocycles. The van der Waals surface area contributed by atoms with E-state index in [1.807, 2.05) is 29.2 Å². The number of anilines is 1. The fourth-order valence-corrected chi connectivity index (χ4v) is 3.61. The third-order valence-corrected chi connectivity index (χ3v) is 4.97. The largest absolute Gasteiger partial charge is 0.495 e. The Labute approximate surface area is 149 Å². The first-order chi connectivity index (χ1) is 12.2. The molecule has 6 nitrogen and oxygen atoms in total. The van der Waals surface area contributed by atoms with Crippen LogP contribution in [0.3, 0.4) is 0 Å². The van der Waals surface area contributed by atoms with Crippen molar-refractivity contribution < 1.29 is 14.3 Å². The quantitative estimate of drug-likeness (QED) is 0.916. The summed E-state index contributed by atoms with van der Waals surface area (Å²) >= 11 is 0. The molecule has 136 valence electrons. The zero-order chi connectivity index (χ0) is 17.6. The lowest BCUT2D eigenvalue weighted by molar-refractivity contribution is -0.117. The molecule has 3 amide bonds. The zero-order valence-corrected chi connectivity index (χ0v) is 14.9. The van der Waals surface area contributed by atoms with Crippen LogP contribution >= 0.6 is 0 Å². The molecule has 0 radical (unpaired) electrons. The van der Waals surface area contributed by atoms with E-state index in [-0.39, 0.29) is 18.0 Å². The highest BCUT2D eigenvalue weighted by Gasteiger charge is 2.33. The standard InChI is InChI=1S/C19H27N3O3/c1-25-17-10-6-5-9-16(17)22-14-15(13-18(22)23)20-19(24)21-11-7-3-2-4-8-12-21/h5-6,9-10,15H,2-4,7-8,11-14H2,1H3,(H,20,24). The molecule has 6 heteroatoms. The Morgan fingerprint density at radius 1 is 1.12 bits per heavy atom. The topological polar surface area (TPSA) is 61.9 Å². The molecule has 1 N–H and O–H groups in total. The van der Waals surface area contributed by atoms with E-state index in [2.05, 4.69) is 5.32 Å². The molecular formula is C19H27N3O3. The van der Waals surface area contributed by atoms with Crippen LogP contribution in [0.2, 0.25) is 0 Å². The molecule has 1 aromatic carbocycles. The summed E-state index contributed by atoms with van der Waals surface area (Å²) in [4.78, 5) is 28.6. The number of urea groups is 1. The fraction of sp³-hybridized carbons (Fsp3) is 0.579. The minimum atomic E-state index is -0.157. The maximum absolute atomic E-state index is 12.6. The summed E-state index contributed by atoms with van der Waals surface area (Å²) in [6.45, 7) is 2.10. The van der Waals surface area contributed by atoms with Gasteiger partial charge in [0.2, 0.25) is 5.91 Å². The first-order valence-electron chi connectivity index (χ1n) is 9.18. The van der Waals surface area contributed by atoms with Gasteiger partial charge in [-0.3, -0.25) is 4.79 Å². The minimum Gasteiger partial charge on any atom is -0.495 e. The lowest BCUT2D eigenvalue weighted by atomic mass is 10.1. The van der Waals surface area contributed by atoms with Crippen LogP contribution in [-0.2, 0) is 4.79 Å². The number of methoxy groups -OCH3 is 1. The Kier molecular flexibility index (Phi) is 5.79. The van der Waals surface area contributed by atoms with Crippen molar-refractivity contribution in [3.05, 3.63) is 24.3 Å². The zero-order valence-electron chi connectivity index (χ0n) is 14.9. The molecule has 1 unspecified atom stereocenters. The summed E-state index contributed by atoms with van der Waals surface area (Å²) in [7, 11) is 1.60. The van der Waals surface area contributed by atoms with Gasteiger partial charge in [0, 0.05) is 26.1 Å². The van der Waals surface area contributed by atoms with Crippen LogP contribution in [-0.4, -0.2) is 49.6 Å². The van der Waals surface area contributed by atoms with Crippen molar-refractivity contribution in [3.63, 3.8) is 0 Å². The van der Waals surface area contributed by atoms with E-state index >= 15 is 0 Å². The SMILES string of the molecule is COc1ccccc1N1CC(NC(=O)N2CCCCCCC2)CC1=O. The summed E-state index contributed by atoms with van der Waals surface area (Å²) in [6.07, 6.45) is 6.09. The molecule has 1 atom stereocenters. The van der Waals surface area contributed by atoms with Crippen LogP contribution in [0.1, 0.15) is 38.5 Å². The van der Waals surface area contributed by atoms with E-state index in [0.29, 0.717) is 18.7 Å². The van der Waals surface area contributed by atoms with Crippen molar-refractivity contribution in [2.24, 2.45) is 0 Å². The van der Waals surface area contributed by atoms with Gasteiger partial charge in [-0.2, -0.15) is 0 Å². The molecule has 0 spiro atoms. The Morgan fingerprint density at radius 2 is 1.80 bits per heavy atom. The number of ether oxygens (including phenoxy) is 1. The Bertz CT molecular complexity index is 612. The van der Waals surface area contributed by atoms with Gasteiger partial charge in [0.25, 0.3) is 0 Å². The molecule has 2 saturated heterocycles. The molecule has 3 rings (SSSR count). The molecular weight excluding hydrogens is 318 g/mol. The third-order valence-electron chi connectivity index (χ3n) is 4.97. The van der Waals surface area contributed by atoms with Crippen LogP contribution in [0, 0.1) is 0 Å². The maximum Gasteiger partial charge on any atom is 0.317 e. The van der Waals surface area contributed by atoms with E-state index < -0.39 is 0 Å². The van der Waals surface area contributed by atoms with Gasteiger partial charge >= 0.3 is 6.03 Å². The lowest BCUT2D eigenvalue weighted by Gasteiger charge is -2.26. The normalized spacial score (nSPS) is 21.6. The van der Waals surface area contributed by atoms with Gasteiger partial charge in [0.05, 0.1) is 18.8 Å². The van der Waals surface area contributed by atoms with Crippen LogP contribution in [0.5, 0.6) is 5.75 Å². The summed E-state index contributed by atoms with van der Waals surface area (Å²) in [5.74, 6) is 0.689. The molecule has 2 aliphatic rings. The third kappa shape index (κ3) is 4.24. The number of carbonyl (C=O) groups is 2.